The molecule has 2 nitrogen and oxygen atoms in total. The molecule has 1 aromatic carbocycles. The van der Waals surface area contributed by atoms with Crippen molar-refractivity contribution < 1.29 is 18.0 Å². The standard InChI is InChI=1S/C19H22F3NO/c20-19(21,22)12-23-16(24)18-9-13-6-14(10-18)8-17(7-13,11-18)15-4-2-1-3-5-15/h1-5,13-14H,6-12H2,(H,23,24)/t13-,14-,17?,18?/m1/s1. The molecule has 4 aliphatic rings. The highest BCUT2D eigenvalue weighted by Gasteiger charge is 2.61. The highest BCUT2D eigenvalue weighted by Crippen LogP contribution is 2.65. The molecule has 4 saturated carbocycles. The molecule has 1 N–H and O–H groups in total. The van der Waals surface area contributed by atoms with Gasteiger partial charge in [-0.15, -0.1) is 0 Å². The molecule has 0 spiro atoms. The number of carbonyl (C=O) groups is 1. The van der Waals surface area contributed by atoms with Gasteiger partial charge in [-0.1, -0.05) is 30.3 Å². The monoisotopic (exact) mass is 337 g/mol. The van der Waals surface area contributed by atoms with Crippen molar-refractivity contribution in [1.82, 2.24) is 5.32 Å². The summed E-state index contributed by atoms with van der Waals surface area (Å²) < 4.78 is 37.5. The predicted octanol–water partition coefficient (Wildman–Crippen LogP) is 4.20. The van der Waals surface area contributed by atoms with Crippen LogP contribution in [0.15, 0.2) is 30.3 Å². The van der Waals surface area contributed by atoms with Crippen molar-refractivity contribution in [2.75, 3.05) is 6.54 Å². The van der Waals surface area contributed by atoms with Gasteiger partial charge in [-0.05, 0) is 61.3 Å². The molecule has 2 atom stereocenters. The number of halogens is 3. The summed E-state index contributed by atoms with van der Waals surface area (Å²) in [5, 5.41) is 2.18. The molecule has 4 fully saturated rings. The van der Waals surface area contributed by atoms with Crippen LogP contribution in [0.4, 0.5) is 13.2 Å². The number of alkyl halides is 3. The first-order valence-electron chi connectivity index (χ1n) is 8.71. The van der Waals surface area contributed by atoms with Gasteiger partial charge >= 0.3 is 6.18 Å². The van der Waals surface area contributed by atoms with E-state index in [-0.39, 0.29) is 11.3 Å². The van der Waals surface area contributed by atoms with E-state index in [0.29, 0.717) is 18.3 Å². The molecule has 0 saturated heterocycles. The second-order valence-electron chi connectivity index (χ2n) is 8.19. The topological polar surface area (TPSA) is 29.1 Å². The Hall–Kier alpha value is -1.52. The molecule has 0 heterocycles. The Morgan fingerprint density at radius 2 is 1.71 bits per heavy atom. The average molecular weight is 337 g/mol. The van der Waals surface area contributed by atoms with Crippen molar-refractivity contribution in [3.63, 3.8) is 0 Å². The number of hydrogen-bond donors (Lipinski definition) is 1. The molecule has 1 aromatic rings. The van der Waals surface area contributed by atoms with Gasteiger partial charge in [-0.3, -0.25) is 4.79 Å². The van der Waals surface area contributed by atoms with Gasteiger partial charge in [0.1, 0.15) is 6.54 Å². The average Bonchev–Trinajstić information content (AvgIpc) is 2.51. The van der Waals surface area contributed by atoms with Crippen molar-refractivity contribution in [1.29, 1.82) is 0 Å². The fourth-order valence-corrected chi connectivity index (χ4v) is 6.03. The normalized spacial score (nSPS) is 37.5. The summed E-state index contributed by atoms with van der Waals surface area (Å²) in [6.45, 7) is -1.22. The third-order valence-electron chi connectivity index (χ3n) is 6.38. The van der Waals surface area contributed by atoms with Gasteiger partial charge in [0.25, 0.3) is 0 Å². The lowest BCUT2D eigenvalue weighted by atomic mass is 9.42. The summed E-state index contributed by atoms with van der Waals surface area (Å²) in [5.41, 5.74) is 0.624. The number of nitrogens with one attached hydrogen (secondary N) is 1. The second-order valence-corrected chi connectivity index (χ2v) is 8.19. The largest absolute Gasteiger partial charge is 0.405 e. The van der Waals surface area contributed by atoms with E-state index >= 15 is 0 Å². The molecule has 4 bridgehead atoms. The van der Waals surface area contributed by atoms with Crippen LogP contribution in [-0.2, 0) is 10.2 Å². The molecule has 0 radical (unpaired) electrons. The van der Waals surface area contributed by atoms with Crippen molar-refractivity contribution in [2.45, 2.75) is 50.1 Å². The zero-order valence-electron chi connectivity index (χ0n) is 13.5. The van der Waals surface area contributed by atoms with E-state index < -0.39 is 18.1 Å². The van der Waals surface area contributed by atoms with Gasteiger partial charge < -0.3 is 5.32 Å². The fraction of sp³-hybridized carbons (Fsp3) is 0.632. The van der Waals surface area contributed by atoms with Crippen molar-refractivity contribution in [3.05, 3.63) is 35.9 Å². The van der Waals surface area contributed by atoms with Crippen molar-refractivity contribution in [3.8, 4) is 0 Å². The first kappa shape index (κ1) is 16.0. The molecule has 0 aliphatic heterocycles. The molecule has 5 rings (SSSR count). The Balaban J connectivity index is 1.62. The minimum Gasteiger partial charge on any atom is -0.347 e. The summed E-state index contributed by atoms with van der Waals surface area (Å²) in [6.07, 6.45) is 1.12. The van der Waals surface area contributed by atoms with E-state index in [1.807, 2.05) is 18.2 Å². The fourth-order valence-electron chi connectivity index (χ4n) is 6.03. The zero-order chi connectivity index (χ0) is 17.0. The van der Waals surface area contributed by atoms with Crippen LogP contribution in [0.3, 0.4) is 0 Å². The Kier molecular flexibility index (Phi) is 3.49. The summed E-state index contributed by atoms with van der Waals surface area (Å²) in [4.78, 5) is 12.7. The van der Waals surface area contributed by atoms with Gasteiger partial charge in [-0.25, -0.2) is 0 Å². The van der Waals surface area contributed by atoms with Crippen molar-refractivity contribution in [2.24, 2.45) is 17.3 Å². The predicted molar refractivity (Wildman–Crippen MR) is 84.3 cm³/mol. The summed E-state index contributed by atoms with van der Waals surface area (Å²) in [6, 6.07) is 10.3. The Morgan fingerprint density at radius 3 is 2.29 bits per heavy atom. The summed E-state index contributed by atoms with van der Waals surface area (Å²) in [7, 11) is 0. The highest BCUT2D eigenvalue weighted by molar-refractivity contribution is 5.83. The molecule has 4 aliphatic carbocycles. The van der Waals surface area contributed by atoms with E-state index in [9.17, 15) is 18.0 Å². The number of amides is 1. The van der Waals surface area contributed by atoms with Gasteiger partial charge in [0.15, 0.2) is 0 Å². The third-order valence-corrected chi connectivity index (χ3v) is 6.38. The molecular formula is C19H22F3NO. The third kappa shape index (κ3) is 2.62. The smallest absolute Gasteiger partial charge is 0.347 e. The summed E-state index contributed by atoms with van der Waals surface area (Å²) >= 11 is 0. The van der Waals surface area contributed by atoms with Gasteiger partial charge in [0.05, 0.1) is 5.41 Å². The minimum atomic E-state index is -4.35. The van der Waals surface area contributed by atoms with Crippen LogP contribution in [0.25, 0.3) is 0 Å². The number of carbonyl (C=O) groups excluding carboxylic acids is 1. The Labute approximate surface area is 139 Å². The first-order valence-corrected chi connectivity index (χ1v) is 8.71. The van der Waals surface area contributed by atoms with E-state index in [0.717, 1.165) is 32.1 Å². The lowest BCUT2D eigenvalue weighted by Crippen LogP contribution is -2.59. The number of rotatable bonds is 3. The van der Waals surface area contributed by atoms with Crippen LogP contribution in [-0.4, -0.2) is 18.6 Å². The molecule has 0 aromatic heterocycles. The zero-order valence-corrected chi connectivity index (χ0v) is 13.5. The minimum absolute atomic E-state index is 0.0269. The van der Waals surface area contributed by atoms with Crippen molar-refractivity contribution >= 4 is 5.91 Å². The lowest BCUT2D eigenvalue weighted by molar-refractivity contribution is -0.157. The van der Waals surface area contributed by atoms with Crippen LogP contribution < -0.4 is 5.32 Å². The molecule has 130 valence electrons. The number of hydrogen-bond acceptors (Lipinski definition) is 1. The molecule has 0 unspecified atom stereocenters. The molecule has 1 amide bonds. The van der Waals surface area contributed by atoms with Gasteiger partial charge in [0.2, 0.25) is 5.91 Å². The quantitative estimate of drug-likeness (QED) is 0.880. The molecule has 24 heavy (non-hydrogen) atoms. The maximum Gasteiger partial charge on any atom is 0.405 e. The van der Waals surface area contributed by atoms with Gasteiger partial charge in [0, 0.05) is 0 Å². The van der Waals surface area contributed by atoms with Gasteiger partial charge in [-0.2, -0.15) is 13.2 Å². The Morgan fingerprint density at radius 1 is 1.08 bits per heavy atom. The SMILES string of the molecule is O=C(NCC(F)(F)F)C12C[C@@H]3C[C@@H](C1)CC(c1ccccc1)(C3)C2. The van der Waals surface area contributed by atoms with E-state index in [2.05, 4.69) is 17.4 Å². The maximum absolute atomic E-state index is 12.7. The highest BCUT2D eigenvalue weighted by atomic mass is 19.4. The summed E-state index contributed by atoms with van der Waals surface area (Å²) in [5.74, 6) is 0.542. The van der Waals surface area contributed by atoms with Crippen LogP contribution in [0, 0.1) is 17.3 Å². The van der Waals surface area contributed by atoms with E-state index in [4.69, 9.17) is 0 Å². The lowest BCUT2D eigenvalue weighted by Gasteiger charge is -2.61. The van der Waals surface area contributed by atoms with Crippen LogP contribution in [0.1, 0.15) is 44.1 Å². The second kappa shape index (κ2) is 5.24. The molecule has 5 heteroatoms. The van der Waals surface area contributed by atoms with Crippen LogP contribution >= 0.6 is 0 Å². The Bertz CT molecular complexity index is 626. The van der Waals surface area contributed by atoms with E-state index in [1.54, 1.807) is 0 Å². The maximum atomic E-state index is 12.7. The first-order chi connectivity index (χ1) is 11.3. The molecular weight excluding hydrogens is 315 g/mol. The van der Waals surface area contributed by atoms with Crippen LogP contribution in [0.5, 0.6) is 0 Å². The number of benzene rings is 1. The van der Waals surface area contributed by atoms with Crippen LogP contribution in [0.2, 0.25) is 0 Å². The van der Waals surface area contributed by atoms with E-state index in [1.165, 1.54) is 5.56 Å².